The smallest absolute Gasteiger partial charge is 0.350 e. The van der Waals surface area contributed by atoms with Crippen molar-refractivity contribution < 1.29 is 26.3 Å². The van der Waals surface area contributed by atoms with Crippen LogP contribution in [0.1, 0.15) is 43.6 Å². The predicted molar refractivity (Wildman–Crippen MR) is 122 cm³/mol. The molecule has 7 nitrogen and oxygen atoms in total. The summed E-state index contributed by atoms with van der Waals surface area (Å²) in [5.74, 6) is -2.53. The van der Waals surface area contributed by atoms with Gasteiger partial charge in [-0.3, -0.25) is 0 Å². The van der Waals surface area contributed by atoms with Crippen LogP contribution >= 0.6 is 0 Å². The second kappa shape index (κ2) is 11.0. The highest BCUT2D eigenvalue weighted by Gasteiger charge is 2.37. The molecule has 0 radical (unpaired) electrons. The lowest BCUT2D eigenvalue weighted by Crippen LogP contribution is -2.56. The topological polar surface area (TPSA) is 84.4 Å². The van der Waals surface area contributed by atoms with Crippen LogP contribution in [-0.2, 0) is 14.8 Å². The summed E-state index contributed by atoms with van der Waals surface area (Å²) < 4.78 is 71.4. The summed E-state index contributed by atoms with van der Waals surface area (Å²) >= 11 is 0. The first kappa shape index (κ1) is 24.9. The Balaban J connectivity index is 1.37. The largest absolute Gasteiger partial charge is 0.374 e. The average molecular weight is 499 g/mol. The summed E-state index contributed by atoms with van der Waals surface area (Å²) in [6, 6.07) is 9.50. The number of halogens is 3. The van der Waals surface area contributed by atoms with Gasteiger partial charge in [-0.25, -0.2) is 17.5 Å². The summed E-state index contributed by atoms with van der Waals surface area (Å²) in [5.41, 5.74) is 1.01. The second-order valence-corrected chi connectivity index (χ2v) is 10.7. The van der Waals surface area contributed by atoms with E-state index in [2.05, 4.69) is 14.9 Å². The number of nitrogens with zero attached hydrogens (tertiary/aromatic N) is 3. The minimum Gasteiger partial charge on any atom is -0.374 e. The quantitative estimate of drug-likeness (QED) is 0.598. The monoisotopic (exact) mass is 498 g/mol. The Morgan fingerprint density at radius 1 is 1.12 bits per heavy atom. The minimum atomic E-state index is -4.74. The van der Waals surface area contributed by atoms with Crippen molar-refractivity contribution in [3.05, 3.63) is 54.0 Å². The summed E-state index contributed by atoms with van der Waals surface area (Å²) in [4.78, 5) is 1.92. The third-order valence-corrected chi connectivity index (χ3v) is 7.80. The molecule has 0 amide bonds. The maximum absolute atomic E-state index is 13.6. The van der Waals surface area contributed by atoms with Crippen LogP contribution in [0.3, 0.4) is 0 Å². The third kappa shape index (κ3) is 6.25. The Bertz CT molecular complexity index is 1040. The van der Waals surface area contributed by atoms with Gasteiger partial charge in [0.1, 0.15) is 5.82 Å². The van der Waals surface area contributed by atoms with Gasteiger partial charge in [-0.15, -0.1) is 5.10 Å². The number of sulfonamides is 1. The number of hydrogen-bond donors (Lipinski definition) is 1. The van der Waals surface area contributed by atoms with Crippen molar-refractivity contribution in [3.63, 3.8) is 0 Å². The number of hydrogen-bond acceptors (Lipinski definition) is 6. The summed E-state index contributed by atoms with van der Waals surface area (Å²) in [5, 5.41) is 7.97. The molecule has 34 heavy (non-hydrogen) atoms. The van der Waals surface area contributed by atoms with Crippen LogP contribution in [0.15, 0.2) is 42.6 Å². The van der Waals surface area contributed by atoms with E-state index in [1.54, 1.807) is 30.5 Å². The zero-order valence-electron chi connectivity index (χ0n) is 18.7. The average Bonchev–Trinajstić information content (AvgIpc) is 2.84. The maximum Gasteiger partial charge on any atom is 0.350 e. The molecular formula is C23H29F3N4O3S. The molecule has 1 aromatic carbocycles. The lowest BCUT2D eigenvalue weighted by Gasteiger charge is -2.39. The van der Waals surface area contributed by atoms with Gasteiger partial charge in [0.2, 0.25) is 0 Å². The molecule has 1 N–H and O–H groups in total. The number of ether oxygens (including phenoxy) is 1. The van der Waals surface area contributed by atoms with Crippen LogP contribution in [0, 0.1) is 11.7 Å². The van der Waals surface area contributed by atoms with Gasteiger partial charge in [0.05, 0.1) is 12.1 Å². The van der Waals surface area contributed by atoms with Crippen molar-refractivity contribution in [2.45, 2.75) is 55.9 Å². The number of piperidine rings is 1. The van der Waals surface area contributed by atoms with Crippen LogP contribution in [0.4, 0.5) is 19.0 Å². The molecule has 0 spiro atoms. The Kier molecular flexibility index (Phi) is 8.05. The van der Waals surface area contributed by atoms with Gasteiger partial charge in [-0.2, -0.15) is 13.9 Å². The first-order valence-electron chi connectivity index (χ1n) is 11.5. The minimum absolute atomic E-state index is 0.231. The Hall–Kier alpha value is -2.24. The molecule has 0 bridgehead atoms. The first-order chi connectivity index (χ1) is 16.3. The highest BCUT2D eigenvalue weighted by atomic mass is 32.2. The van der Waals surface area contributed by atoms with Crippen LogP contribution in [0.2, 0.25) is 0 Å². The fraction of sp³-hybridized carbons (Fsp3) is 0.565. The zero-order valence-corrected chi connectivity index (χ0v) is 19.5. The Labute approximate surface area is 197 Å². The standard InChI is InChI=1S/C23H29F3N4O3S/c24-19-4-1-3-18(13-19)17-8-6-16(7-9-17)15-33-21-14-30(22-5-2-11-27-28-22)12-10-20(21)29-34(31,32)23(25)26/h1-5,11,13,16-17,20-21,23,29H,6-10,12,14-15H2/t16?,17?,20-,21+/m0/s1. The number of rotatable bonds is 8. The van der Waals surface area contributed by atoms with Gasteiger partial charge in [0.15, 0.2) is 5.82 Å². The van der Waals surface area contributed by atoms with Crippen molar-refractivity contribution >= 4 is 15.8 Å². The molecule has 186 valence electrons. The Morgan fingerprint density at radius 2 is 1.91 bits per heavy atom. The van der Waals surface area contributed by atoms with E-state index in [1.165, 1.54) is 6.07 Å². The molecule has 1 aliphatic carbocycles. The summed E-state index contributed by atoms with van der Waals surface area (Å²) in [6.07, 6.45) is 4.88. The van der Waals surface area contributed by atoms with E-state index >= 15 is 0 Å². The van der Waals surface area contributed by atoms with Crippen molar-refractivity contribution in [2.24, 2.45) is 5.92 Å². The van der Waals surface area contributed by atoms with E-state index in [0.29, 0.717) is 37.9 Å². The molecule has 4 rings (SSSR count). The number of anilines is 1. The van der Waals surface area contributed by atoms with Crippen LogP contribution in [0.25, 0.3) is 0 Å². The Morgan fingerprint density at radius 3 is 2.59 bits per heavy atom. The zero-order chi connectivity index (χ0) is 24.1. The molecular weight excluding hydrogens is 469 g/mol. The second-order valence-electron chi connectivity index (χ2n) is 8.99. The molecule has 2 aliphatic rings. The van der Waals surface area contributed by atoms with Crippen molar-refractivity contribution in [1.29, 1.82) is 0 Å². The van der Waals surface area contributed by atoms with Gasteiger partial charge >= 0.3 is 5.76 Å². The van der Waals surface area contributed by atoms with E-state index in [0.717, 1.165) is 31.2 Å². The first-order valence-corrected chi connectivity index (χ1v) is 13.1. The van der Waals surface area contributed by atoms with Crippen LogP contribution < -0.4 is 9.62 Å². The predicted octanol–water partition coefficient (Wildman–Crippen LogP) is 3.70. The molecule has 1 aromatic heterocycles. The van der Waals surface area contributed by atoms with Crippen molar-refractivity contribution in [2.75, 3.05) is 24.6 Å². The molecule has 2 fully saturated rings. The molecule has 1 saturated heterocycles. The number of alkyl halides is 2. The van der Waals surface area contributed by atoms with Gasteiger partial charge in [0, 0.05) is 25.9 Å². The highest BCUT2D eigenvalue weighted by Crippen LogP contribution is 2.36. The third-order valence-electron chi connectivity index (χ3n) is 6.70. The van der Waals surface area contributed by atoms with E-state index in [-0.39, 0.29) is 11.7 Å². The van der Waals surface area contributed by atoms with E-state index in [1.807, 2.05) is 11.0 Å². The molecule has 0 unspecified atom stereocenters. The number of aromatic nitrogens is 2. The molecule has 11 heteroatoms. The lowest BCUT2D eigenvalue weighted by molar-refractivity contribution is -0.00165. The van der Waals surface area contributed by atoms with Crippen LogP contribution in [-0.4, -0.2) is 56.2 Å². The molecule has 1 saturated carbocycles. The highest BCUT2D eigenvalue weighted by molar-refractivity contribution is 7.89. The van der Waals surface area contributed by atoms with Crippen molar-refractivity contribution in [1.82, 2.24) is 14.9 Å². The van der Waals surface area contributed by atoms with E-state index < -0.39 is 27.9 Å². The van der Waals surface area contributed by atoms with Crippen molar-refractivity contribution in [3.8, 4) is 0 Å². The fourth-order valence-electron chi connectivity index (χ4n) is 4.84. The van der Waals surface area contributed by atoms with Crippen LogP contribution in [0.5, 0.6) is 0 Å². The normalized spacial score (nSPS) is 26.1. The van der Waals surface area contributed by atoms with Gasteiger partial charge in [-0.1, -0.05) is 12.1 Å². The number of nitrogens with one attached hydrogen (secondary N) is 1. The van der Waals surface area contributed by atoms with E-state index in [9.17, 15) is 21.6 Å². The number of benzene rings is 1. The van der Waals surface area contributed by atoms with E-state index in [4.69, 9.17) is 4.74 Å². The SMILES string of the molecule is O=S(=O)(N[C@H]1CCN(c2cccnn2)C[C@H]1OCC1CCC(c2cccc(F)c2)CC1)C(F)F. The molecule has 1 aliphatic heterocycles. The fourth-order valence-corrected chi connectivity index (χ4v) is 5.63. The van der Waals surface area contributed by atoms with Gasteiger partial charge in [0.25, 0.3) is 10.0 Å². The molecule has 2 atom stereocenters. The lowest BCUT2D eigenvalue weighted by atomic mass is 9.79. The van der Waals surface area contributed by atoms with Gasteiger partial charge < -0.3 is 9.64 Å². The molecule has 2 aromatic rings. The summed E-state index contributed by atoms with van der Waals surface area (Å²) in [6.45, 7) is 1.16. The summed E-state index contributed by atoms with van der Waals surface area (Å²) in [7, 11) is -4.74. The maximum atomic E-state index is 13.6. The van der Waals surface area contributed by atoms with Gasteiger partial charge in [-0.05, 0) is 73.8 Å². The molecule has 2 heterocycles.